The van der Waals surface area contributed by atoms with Crippen LogP contribution in [0.4, 0.5) is 0 Å². The highest BCUT2D eigenvalue weighted by Crippen LogP contribution is 2.14. The zero-order valence-corrected chi connectivity index (χ0v) is 9.26. The lowest BCUT2D eigenvalue weighted by Gasteiger charge is -2.12. The van der Waals surface area contributed by atoms with E-state index in [0.29, 0.717) is 6.04 Å². The van der Waals surface area contributed by atoms with E-state index in [9.17, 15) is 0 Å². The van der Waals surface area contributed by atoms with Crippen molar-refractivity contribution in [1.82, 2.24) is 0 Å². The van der Waals surface area contributed by atoms with E-state index in [-0.39, 0.29) is 0 Å². The van der Waals surface area contributed by atoms with Crippen molar-refractivity contribution >= 4 is 0 Å². The van der Waals surface area contributed by atoms with Crippen molar-refractivity contribution in [3.63, 3.8) is 0 Å². The second-order valence-corrected chi connectivity index (χ2v) is 4.16. The van der Waals surface area contributed by atoms with Crippen LogP contribution in [-0.2, 0) is 0 Å². The lowest BCUT2D eigenvalue weighted by atomic mass is 9.97. The van der Waals surface area contributed by atoms with Gasteiger partial charge in [0.25, 0.3) is 0 Å². The highest BCUT2D eigenvalue weighted by Gasteiger charge is 2.03. The van der Waals surface area contributed by atoms with Crippen LogP contribution in [-0.4, -0.2) is 12.6 Å². The molecule has 0 aromatic rings. The van der Waals surface area contributed by atoms with E-state index in [1.54, 1.807) is 0 Å². The summed E-state index contributed by atoms with van der Waals surface area (Å²) < 4.78 is 0. The highest BCUT2D eigenvalue weighted by molar-refractivity contribution is 4.63. The number of rotatable bonds is 8. The Morgan fingerprint density at radius 1 is 1.08 bits per heavy atom. The first-order valence-electron chi connectivity index (χ1n) is 5.66. The van der Waals surface area contributed by atoms with Gasteiger partial charge in [0.1, 0.15) is 0 Å². The van der Waals surface area contributed by atoms with Crippen molar-refractivity contribution in [2.75, 3.05) is 6.54 Å². The maximum Gasteiger partial charge on any atom is 0.00508 e. The number of hydrogen-bond acceptors (Lipinski definition) is 2. The minimum atomic E-state index is 0.332. The van der Waals surface area contributed by atoms with Gasteiger partial charge >= 0.3 is 0 Å². The Hall–Kier alpha value is -0.0800. The zero-order valence-electron chi connectivity index (χ0n) is 9.26. The normalized spacial score (nSPS) is 15.7. The summed E-state index contributed by atoms with van der Waals surface area (Å²) in [5.74, 6) is 0.870. The summed E-state index contributed by atoms with van der Waals surface area (Å²) in [6, 6.07) is 0.332. The van der Waals surface area contributed by atoms with Crippen LogP contribution in [0.25, 0.3) is 0 Å². The predicted octanol–water partition coefficient (Wildman–Crippen LogP) is 2.27. The SMILES string of the molecule is CCCC(C)CCCC(N)CCN. The van der Waals surface area contributed by atoms with Crippen LogP contribution in [0.3, 0.4) is 0 Å². The van der Waals surface area contributed by atoms with Gasteiger partial charge in [-0.25, -0.2) is 0 Å². The van der Waals surface area contributed by atoms with Crippen molar-refractivity contribution in [2.45, 2.75) is 58.4 Å². The van der Waals surface area contributed by atoms with Crippen LogP contribution in [0, 0.1) is 5.92 Å². The minimum absolute atomic E-state index is 0.332. The maximum absolute atomic E-state index is 5.86. The Balaban J connectivity index is 3.23. The average Bonchev–Trinajstić information content (AvgIpc) is 2.05. The summed E-state index contributed by atoms with van der Waals surface area (Å²) in [6.07, 6.45) is 7.37. The van der Waals surface area contributed by atoms with Crippen molar-refractivity contribution in [1.29, 1.82) is 0 Å². The van der Waals surface area contributed by atoms with Crippen LogP contribution >= 0.6 is 0 Å². The molecule has 80 valence electrons. The van der Waals surface area contributed by atoms with E-state index in [2.05, 4.69) is 13.8 Å². The first-order valence-corrected chi connectivity index (χ1v) is 5.66. The molecular weight excluding hydrogens is 160 g/mol. The molecule has 0 aliphatic rings. The van der Waals surface area contributed by atoms with Gasteiger partial charge in [0.15, 0.2) is 0 Å². The van der Waals surface area contributed by atoms with Gasteiger partial charge < -0.3 is 11.5 Å². The lowest BCUT2D eigenvalue weighted by Crippen LogP contribution is -2.23. The summed E-state index contributed by atoms with van der Waals surface area (Å²) >= 11 is 0. The molecule has 0 saturated carbocycles. The standard InChI is InChI=1S/C11H26N2/c1-3-5-10(2)6-4-7-11(13)8-9-12/h10-11H,3-9,12-13H2,1-2H3. The van der Waals surface area contributed by atoms with Crippen molar-refractivity contribution in [3.05, 3.63) is 0 Å². The van der Waals surface area contributed by atoms with Gasteiger partial charge in [0.05, 0.1) is 0 Å². The second-order valence-electron chi connectivity index (χ2n) is 4.16. The number of hydrogen-bond donors (Lipinski definition) is 2. The maximum atomic E-state index is 5.86. The molecule has 0 rings (SSSR count). The largest absolute Gasteiger partial charge is 0.330 e. The molecule has 0 amide bonds. The van der Waals surface area contributed by atoms with E-state index in [0.717, 1.165) is 25.3 Å². The molecule has 13 heavy (non-hydrogen) atoms. The summed E-state index contributed by atoms with van der Waals surface area (Å²) in [5.41, 5.74) is 11.3. The van der Waals surface area contributed by atoms with Crippen molar-refractivity contribution in [2.24, 2.45) is 17.4 Å². The third-order valence-electron chi connectivity index (χ3n) is 2.59. The fraction of sp³-hybridized carbons (Fsp3) is 1.00. The molecule has 0 bridgehead atoms. The second kappa shape index (κ2) is 8.52. The topological polar surface area (TPSA) is 52.0 Å². The molecule has 0 aliphatic carbocycles. The molecule has 0 radical (unpaired) electrons. The van der Waals surface area contributed by atoms with Gasteiger partial charge in [0.2, 0.25) is 0 Å². The zero-order chi connectivity index (χ0) is 10.1. The molecule has 2 atom stereocenters. The Labute approximate surface area is 83.1 Å². The van der Waals surface area contributed by atoms with Gasteiger partial charge in [-0.15, -0.1) is 0 Å². The van der Waals surface area contributed by atoms with Crippen LogP contribution in [0.1, 0.15) is 52.4 Å². The van der Waals surface area contributed by atoms with Crippen LogP contribution in [0.5, 0.6) is 0 Å². The molecular formula is C11H26N2. The van der Waals surface area contributed by atoms with Gasteiger partial charge in [0, 0.05) is 6.04 Å². The predicted molar refractivity (Wildman–Crippen MR) is 59.6 cm³/mol. The van der Waals surface area contributed by atoms with Gasteiger partial charge in [-0.05, 0) is 25.3 Å². The Morgan fingerprint density at radius 3 is 2.31 bits per heavy atom. The Morgan fingerprint density at radius 2 is 1.77 bits per heavy atom. The molecule has 4 N–H and O–H groups in total. The molecule has 0 fully saturated rings. The summed E-state index contributed by atoms with van der Waals surface area (Å²) in [5, 5.41) is 0. The smallest absolute Gasteiger partial charge is 0.00508 e. The van der Waals surface area contributed by atoms with Gasteiger partial charge in [-0.1, -0.05) is 39.5 Å². The van der Waals surface area contributed by atoms with Crippen LogP contribution in [0.15, 0.2) is 0 Å². The lowest BCUT2D eigenvalue weighted by molar-refractivity contribution is 0.438. The van der Waals surface area contributed by atoms with Crippen LogP contribution < -0.4 is 11.5 Å². The van der Waals surface area contributed by atoms with E-state index < -0.39 is 0 Å². The fourth-order valence-electron chi connectivity index (χ4n) is 1.72. The molecule has 0 saturated heterocycles. The van der Waals surface area contributed by atoms with Gasteiger partial charge in [-0.3, -0.25) is 0 Å². The molecule has 0 aromatic carbocycles. The highest BCUT2D eigenvalue weighted by atomic mass is 14.6. The molecule has 2 nitrogen and oxygen atoms in total. The van der Waals surface area contributed by atoms with Crippen molar-refractivity contribution < 1.29 is 0 Å². The first-order chi connectivity index (χ1) is 6.20. The number of nitrogens with two attached hydrogens (primary N) is 2. The van der Waals surface area contributed by atoms with Gasteiger partial charge in [-0.2, -0.15) is 0 Å². The average molecular weight is 186 g/mol. The molecule has 2 heteroatoms. The fourth-order valence-corrected chi connectivity index (χ4v) is 1.72. The third-order valence-corrected chi connectivity index (χ3v) is 2.59. The quantitative estimate of drug-likeness (QED) is 0.611. The molecule has 2 unspecified atom stereocenters. The van der Waals surface area contributed by atoms with E-state index in [4.69, 9.17) is 11.5 Å². The van der Waals surface area contributed by atoms with E-state index >= 15 is 0 Å². The first kappa shape index (κ1) is 12.9. The summed E-state index contributed by atoms with van der Waals surface area (Å²) in [7, 11) is 0. The van der Waals surface area contributed by atoms with Crippen LogP contribution in [0.2, 0.25) is 0 Å². The van der Waals surface area contributed by atoms with E-state index in [1.165, 1.54) is 25.7 Å². The summed E-state index contributed by atoms with van der Waals surface area (Å²) in [6.45, 7) is 5.31. The Bertz CT molecular complexity index is 92.3. The molecule has 0 spiro atoms. The monoisotopic (exact) mass is 186 g/mol. The third kappa shape index (κ3) is 8.26. The van der Waals surface area contributed by atoms with Crippen molar-refractivity contribution in [3.8, 4) is 0 Å². The van der Waals surface area contributed by atoms with E-state index in [1.807, 2.05) is 0 Å². The molecule has 0 heterocycles. The molecule has 0 aliphatic heterocycles. The summed E-state index contributed by atoms with van der Waals surface area (Å²) in [4.78, 5) is 0. The Kier molecular flexibility index (Phi) is 8.46. The minimum Gasteiger partial charge on any atom is -0.330 e. The molecule has 0 aromatic heterocycles.